The lowest BCUT2D eigenvalue weighted by molar-refractivity contribution is 0.0925. The maximum Gasteiger partial charge on any atom is 0.268 e. The van der Waals surface area contributed by atoms with Crippen LogP contribution in [-0.2, 0) is 6.42 Å². The molecule has 2 aromatic rings. The molecule has 0 fully saturated rings. The van der Waals surface area contributed by atoms with Crippen molar-refractivity contribution in [3.8, 4) is 5.75 Å². The summed E-state index contributed by atoms with van der Waals surface area (Å²) in [5.41, 5.74) is 2.77. The fourth-order valence-corrected chi connectivity index (χ4v) is 2.41. The molecule has 88 valence electrons. The summed E-state index contributed by atoms with van der Waals surface area (Å²) in [6, 6.07) is 6.01. The van der Waals surface area contributed by atoms with Gasteiger partial charge in [0, 0.05) is 16.9 Å². The smallest absolute Gasteiger partial charge is 0.268 e. The van der Waals surface area contributed by atoms with E-state index in [1.54, 1.807) is 7.11 Å². The van der Waals surface area contributed by atoms with Crippen molar-refractivity contribution in [1.82, 2.24) is 10.3 Å². The summed E-state index contributed by atoms with van der Waals surface area (Å²) in [5, 5.41) is 4.01. The van der Waals surface area contributed by atoms with Gasteiger partial charge in [-0.05, 0) is 37.1 Å². The van der Waals surface area contributed by atoms with E-state index >= 15 is 0 Å². The summed E-state index contributed by atoms with van der Waals surface area (Å²) in [5.74, 6) is 0.798. The molecular weight excluding hydrogens is 216 g/mol. The van der Waals surface area contributed by atoms with Gasteiger partial charge in [0.25, 0.3) is 5.91 Å². The number of hydrogen-bond donors (Lipinski definition) is 2. The zero-order valence-corrected chi connectivity index (χ0v) is 9.83. The molecule has 4 heteroatoms. The highest BCUT2D eigenvalue weighted by atomic mass is 16.5. The van der Waals surface area contributed by atoms with E-state index in [2.05, 4.69) is 10.3 Å². The van der Waals surface area contributed by atoms with Crippen LogP contribution in [0.15, 0.2) is 18.2 Å². The second-order valence-electron chi connectivity index (χ2n) is 4.47. The van der Waals surface area contributed by atoms with Gasteiger partial charge in [-0.1, -0.05) is 0 Å². The molecule has 2 N–H and O–H groups in total. The lowest BCUT2D eigenvalue weighted by Crippen LogP contribution is -2.39. The molecule has 4 nitrogen and oxygen atoms in total. The molecule has 0 saturated heterocycles. The Hall–Kier alpha value is -1.97. The molecule has 1 amide bonds. The second kappa shape index (κ2) is 3.52. The maximum absolute atomic E-state index is 11.8. The Labute approximate surface area is 99.0 Å². The molecule has 0 radical (unpaired) electrons. The maximum atomic E-state index is 11.8. The summed E-state index contributed by atoms with van der Waals surface area (Å²) in [4.78, 5) is 15.0. The molecule has 1 aromatic heterocycles. The number of hydrogen-bond acceptors (Lipinski definition) is 2. The average Bonchev–Trinajstić information content (AvgIpc) is 2.67. The first-order valence-corrected chi connectivity index (χ1v) is 5.68. The summed E-state index contributed by atoms with van der Waals surface area (Å²) in [6.45, 7) is 2.01. The Balaban J connectivity index is 2.26. The molecule has 1 aliphatic rings. The third kappa shape index (κ3) is 1.48. The predicted molar refractivity (Wildman–Crippen MR) is 65.5 cm³/mol. The number of amides is 1. The quantitative estimate of drug-likeness (QED) is 0.785. The van der Waals surface area contributed by atoms with Crippen molar-refractivity contribution >= 4 is 16.8 Å². The van der Waals surface area contributed by atoms with Crippen LogP contribution in [0.25, 0.3) is 10.9 Å². The molecule has 3 rings (SSSR count). The van der Waals surface area contributed by atoms with Crippen LogP contribution in [0.5, 0.6) is 5.75 Å². The van der Waals surface area contributed by atoms with Crippen LogP contribution in [0.4, 0.5) is 0 Å². The number of ether oxygens (including phenoxy) is 1. The van der Waals surface area contributed by atoms with Crippen molar-refractivity contribution in [3.63, 3.8) is 0 Å². The van der Waals surface area contributed by atoms with E-state index in [0.29, 0.717) is 5.69 Å². The molecule has 1 atom stereocenters. The van der Waals surface area contributed by atoms with Crippen LogP contribution >= 0.6 is 0 Å². The molecule has 0 bridgehead atoms. The molecule has 1 aliphatic heterocycles. The molecule has 0 spiro atoms. The van der Waals surface area contributed by atoms with Crippen molar-refractivity contribution < 1.29 is 9.53 Å². The Bertz CT molecular complexity index is 601. The topological polar surface area (TPSA) is 54.1 Å². The minimum atomic E-state index is -0.0195. The Morgan fingerprint density at radius 3 is 3.00 bits per heavy atom. The van der Waals surface area contributed by atoms with E-state index in [1.807, 2.05) is 25.1 Å². The van der Waals surface area contributed by atoms with Crippen LogP contribution in [0.1, 0.15) is 23.0 Å². The highest BCUT2D eigenvalue weighted by molar-refractivity contribution is 6.02. The third-order valence-corrected chi connectivity index (χ3v) is 3.23. The summed E-state index contributed by atoms with van der Waals surface area (Å²) >= 11 is 0. The van der Waals surface area contributed by atoms with Gasteiger partial charge in [0.15, 0.2) is 0 Å². The van der Waals surface area contributed by atoms with Crippen LogP contribution in [0.3, 0.4) is 0 Å². The highest BCUT2D eigenvalue weighted by Gasteiger charge is 2.25. The number of H-pyrrole nitrogens is 1. The fourth-order valence-electron chi connectivity index (χ4n) is 2.41. The number of methoxy groups -OCH3 is 1. The summed E-state index contributed by atoms with van der Waals surface area (Å²) in [6.07, 6.45) is 0.855. The monoisotopic (exact) mass is 230 g/mol. The lowest BCUT2D eigenvalue weighted by Gasteiger charge is -2.19. The van der Waals surface area contributed by atoms with Gasteiger partial charge < -0.3 is 15.0 Å². The molecule has 2 heterocycles. The van der Waals surface area contributed by atoms with Crippen LogP contribution in [0, 0.1) is 0 Å². The summed E-state index contributed by atoms with van der Waals surface area (Å²) in [7, 11) is 1.65. The van der Waals surface area contributed by atoms with E-state index in [4.69, 9.17) is 4.74 Å². The van der Waals surface area contributed by atoms with E-state index in [-0.39, 0.29) is 11.9 Å². The SMILES string of the molecule is COc1ccc2[nH]c3c(c2c1)C[C@H](C)NC3=O. The number of carbonyl (C=O) groups is 1. The minimum absolute atomic E-state index is 0.0195. The van der Waals surface area contributed by atoms with Crippen molar-refractivity contribution in [2.24, 2.45) is 0 Å². The zero-order valence-electron chi connectivity index (χ0n) is 9.83. The number of benzene rings is 1. The van der Waals surface area contributed by atoms with Gasteiger partial charge in [0.05, 0.1) is 7.11 Å². The van der Waals surface area contributed by atoms with Gasteiger partial charge in [0.2, 0.25) is 0 Å². The molecule has 1 aromatic carbocycles. The minimum Gasteiger partial charge on any atom is -0.497 e. The van der Waals surface area contributed by atoms with Crippen molar-refractivity contribution in [2.45, 2.75) is 19.4 Å². The number of aromatic amines is 1. The Kier molecular flexibility index (Phi) is 2.11. The number of carbonyl (C=O) groups excluding carboxylic acids is 1. The van der Waals surface area contributed by atoms with Crippen LogP contribution in [0.2, 0.25) is 0 Å². The molecule has 0 aliphatic carbocycles. The Morgan fingerprint density at radius 2 is 2.24 bits per heavy atom. The number of nitrogens with one attached hydrogen (secondary N) is 2. The first-order chi connectivity index (χ1) is 8.19. The van der Waals surface area contributed by atoms with Gasteiger partial charge in [0.1, 0.15) is 11.4 Å². The van der Waals surface area contributed by atoms with Gasteiger partial charge in [-0.2, -0.15) is 0 Å². The predicted octanol–water partition coefficient (Wildman–Crippen LogP) is 1.85. The molecule has 17 heavy (non-hydrogen) atoms. The number of rotatable bonds is 1. The molecule has 0 unspecified atom stereocenters. The molecule has 0 saturated carbocycles. The van der Waals surface area contributed by atoms with Crippen LogP contribution < -0.4 is 10.1 Å². The van der Waals surface area contributed by atoms with Gasteiger partial charge in [-0.3, -0.25) is 4.79 Å². The fraction of sp³-hybridized carbons (Fsp3) is 0.308. The Morgan fingerprint density at radius 1 is 1.41 bits per heavy atom. The normalized spacial score (nSPS) is 18.9. The van der Waals surface area contributed by atoms with Gasteiger partial charge in [-0.15, -0.1) is 0 Å². The number of fused-ring (bicyclic) bond motifs is 3. The van der Waals surface area contributed by atoms with Crippen LogP contribution in [-0.4, -0.2) is 24.0 Å². The van der Waals surface area contributed by atoms with E-state index in [9.17, 15) is 4.79 Å². The van der Waals surface area contributed by atoms with Crippen molar-refractivity contribution in [2.75, 3.05) is 7.11 Å². The number of aromatic nitrogens is 1. The van der Waals surface area contributed by atoms with E-state index in [0.717, 1.165) is 28.6 Å². The average molecular weight is 230 g/mol. The standard InChI is InChI=1S/C13H14N2O2/c1-7-5-10-9-6-8(17-2)3-4-11(9)15-12(10)13(16)14-7/h3-4,6-7,15H,5H2,1-2H3,(H,14,16)/t7-/m0/s1. The van der Waals surface area contributed by atoms with Crippen molar-refractivity contribution in [3.05, 3.63) is 29.5 Å². The van der Waals surface area contributed by atoms with E-state index in [1.165, 1.54) is 0 Å². The molecular formula is C13H14N2O2. The van der Waals surface area contributed by atoms with Gasteiger partial charge >= 0.3 is 0 Å². The van der Waals surface area contributed by atoms with E-state index < -0.39 is 0 Å². The lowest BCUT2D eigenvalue weighted by atomic mass is 9.99. The third-order valence-electron chi connectivity index (χ3n) is 3.23. The first kappa shape index (κ1) is 10.2. The zero-order chi connectivity index (χ0) is 12.0. The largest absolute Gasteiger partial charge is 0.497 e. The first-order valence-electron chi connectivity index (χ1n) is 5.68. The van der Waals surface area contributed by atoms with Crippen molar-refractivity contribution in [1.29, 1.82) is 0 Å². The summed E-state index contributed by atoms with van der Waals surface area (Å²) < 4.78 is 5.22. The van der Waals surface area contributed by atoms with Gasteiger partial charge in [-0.25, -0.2) is 0 Å². The second-order valence-corrected chi connectivity index (χ2v) is 4.47. The highest BCUT2D eigenvalue weighted by Crippen LogP contribution is 2.29.